The van der Waals surface area contributed by atoms with Crippen molar-refractivity contribution in [1.29, 1.82) is 0 Å². The fourth-order valence-corrected chi connectivity index (χ4v) is 3.21. The van der Waals surface area contributed by atoms with Crippen molar-refractivity contribution in [3.05, 3.63) is 83.1 Å². The second-order valence-electron chi connectivity index (χ2n) is 6.40. The van der Waals surface area contributed by atoms with Crippen molar-refractivity contribution < 1.29 is 4.79 Å². The molecule has 1 amide bonds. The number of nitrogens with one attached hydrogen (secondary N) is 1. The van der Waals surface area contributed by atoms with Gasteiger partial charge in [0.05, 0.1) is 18.4 Å². The molecule has 126 valence electrons. The van der Waals surface area contributed by atoms with Crippen LogP contribution in [0.5, 0.6) is 0 Å². The monoisotopic (exact) mass is 351 g/mol. The van der Waals surface area contributed by atoms with Crippen LogP contribution in [0.25, 0.3) is 0 Å². The minimum atomic E-state index is 0.0265. The van der Waals surface area contributed by atoms with E-state index in [0.717, 1.165) is 17.1 Å². The number of carbonyl (C=O) groups excluding carboxylic acids is 1. The van der Waals surface area contributed by atoms with Crippen LogP contribution >= 0.6 is 11.6 Å². The Morgan fingerprint density at radius 2 is 1.92 bits per heavy atom. The van der Waals surface area contributed by atoms with Gasteiger partial charge in [-0.1, -0.05) is 54.1 Å². The average Bonchev–Trinajstić information content (AvgIpc) is 3.31. The van der Waals surface area contributed by atoms with Gasteiger partial charge in [0.25, 0.3) is 0 Å². The molecule has 1 heterocycles. The van der Waals surface area contributed by atoms with E-state index in [-0.39, 0.29) is 17.7 Å². The number of anilines is 1. The van der Waals surface area contributed by atoms with Gasteiger partial charge in [-0.05, 0) is 35.6 Å². The van der Waals surface area contributed by atoms with Crippen LogP contribution in [0.3, 0.4) is 0 Å². The summed E-state index contributed by atoms with van der Waals surface area (Å²) in [5.74, 6) is 0.370. The zero-order valence-corrected chi connectivity index (χ0v) is 14.4. The first-order chi connectivity index (χ1) is 12.2. The number of carbonyl (C=O) groups is 1. The fraction of sp³-hybridized carbons (Fsp3) is 0.200. The van der Waals surface area contributed by atoms with Crippen LogP contribution in [0.15, 0.2) is 67.0 Å². The van der Waals surface area contributed by atoms with Gasteiger partial charge in [-0.25, -0.2) is 0 Å². The normalized spacial score (nSPS) is 18.8. The summed E-state index contributed by atoms with van der Waals surface area (Å²) in [6.07, 6.45) is 4.44. The lowest BCUT2D eigenvalue weighted by Gasteiger charge is -2.03. The van der Waals surface area contributed by atoms with Crippen LogP contribution in [0.2, 0.25) is 5.02 Å². The summed E-state index contributed by atoms with van der Waals surface area (Å²) in [7, 11) is 0. The molecule has 1 aromatic heterocycles. The van der Waals surface area contributed by atoms with Crippen molar-refractivity contribution in [2.45, 2.75) is 18.9 Å². The quantitative estimate of drug-likeness (QED) is 0.743. The number of halogens is 1. The topological polar surface area (TPSA) is 46.9 Å². The number of hydrogen-bond acceptors (Lipinski definition) is 2. The zero-order chi connectivity index (χ0) is 17.2. The molecule has 1 fully saturated rings. The molecule has 0 spiro atoms. The van der Waals surface area contributed by atoms with E-state index >= 15 is 0 Å². The molecule has 1 aliphatic rings. The third kappa shape index (κ3) is 3.74. The Morgan fingerprint density at radius 3 is 2.68 bits per heavy atom. The van der Waals surface area contributed by atoms with Gasteiger partial charge in [0.1, 0.15) is 0 Å². The summed E-state index contributed by atoms with van der Waals surface area (Å²) in [6.45, 7) is 0.688. The second-order valence-corrected chi connectivity index (χ2v) is 6.84. The first kappa shape index (κ1) is 15.9. The highest BCUT2D eigenvalue weighted by molar-refractivity contribution is 6.30. The average molecular weight is 352 g/mol. The minimum Gasteiger partial charge on any atom is -0.323 e. The lowest BCUT2D eigenvalue weighted by Crippen LogP contribution is -2.14. The van der Waals surface area contributed by atoms with Gasteiger partial charge in [-0.2, -0.15) is 5.10 Å². The molecule has 0 saturated heterocycles. The van der Waals surface area contributed by atoms with E-state index in [1.807, 2.05) is 53.3 Å². The summed E-state index contributed by atoms with van der Waals surface area (Å²) in [4.78, 5) is 12.4. The maximum Gasteiger partial charge on any atom is 0.228 e. The van der Waals surface area contributed by atoms with Crippen molar-refractivity contribution in [3.8, 4) is 0 Å². The van der Waals surface area contributed by atoms with Gasteiger partial charge in [-0.15, -0.1) is 0 Å². The number of aromatic nitrogens is 2. The van der Waals surface area contributed by atoms with E-state index < -0.39 is 0 Å². The Hall–Kier alpha value is -2.59. The molecular formula is C20H18ClN3O. The van der Waals surface area contributed by atoms with E-state index in [1.54, 1.807) is 6.20 Å². The first-order valence-corrected chi connectivity index (χ1v) is 8.69. The van der Waals surface area contributed by atoms with Crippen molar-refractivity contribution in [2.24, 2.45) is 5.92 Å². The van der Waals surface area contributed by atoms with Gasteiger partial charge in [-0.3, -0.25) is 9.48 Å². The number of hydrogen-bond donors (Lipinski definition) is 1. The Morgan fingerprint density at radius 1 is 1.16 bits per heavy atom. The summed E-state index contributed by atoms with van der Waals surface area (Å²) in [5.41, 5.74) is 3.08. The first-order valence-electron chi connectivity index (χ1n) is 8.32. The molecule has 2 unspecified atom stereocenters. The lowest BCUT2D eigenvalue weighted by molar-refractivity contribution is -0.117. The van der Waals surface area contributed by atoms with Gasteiger partial charge < -0.3 is 5.32 Å². The third-order valence-corrected chi connectivity index (χ3v) is 4.77. The number of benzene rings is 2. The van der Waals surface area contributed by atoms with E-state index in [2.05, 4.69) is 22.5 Å². The van der Waals surface area contributed by atoms with E-state index in [1.165, 1.54) is 11.1 Å². The molecule has 25 heavy (non-hydrogen) atoms. The molecule has 2 aromatic carbocycles. The zero-order valence-electron chi connectivity index (χ0n) is 13.6. The maximum absolute atomic E-state index is 12.4. The minimum absolute atomic E-state index is 0.0265. The van der Waals surface area contributed by atoms with Crippen LogP contribution in [-0.4, -0.2) is 15.7 Å². The van der Waals surface area contributed by atoms with Crippen molar-refractivity contribution in [3.63, 3.8) is 0 Å². The van der Waals surface area contributed by atoms with Crippen molar-refractivity contribution in [2.75, 3.05) is 5.32 Å². The Bertz CT molecular complexity index is 873. The largest absolute Gasteiger partial charge is 0.323 e. The summed E-state index contributed by atoms with van der Waals surface area (Å²) < 4.78 is 1.83. The number of rotatable bonds is 5. The van der Waals surface area contributed by atoms with Crippen LogP contribution < -0.4 is 5.32 Å². The Kier molecular flexibility index (Phi) is 4.28. The van der Waals surface area contributed by atoms with Crippen molar-refractivity contribution >= 4 is 23.2 Å². The number of amides is 1. The van der Waals surface area contributed by atoms with Crippen molar-refractivity contribution in [1.82, 2.24) is 9.78 Å². The molecular weight excluding hydrogens is 334 g/mol. The van der Waals surface area contributed by atoms with Crippen LogP contribution in [0, 0.1) is 5.92 Å². The van der Waals surface area contributed by atoms with E-state index in [0.29, 0.717) is 6.54 Å². The molecule has 0 radical (unpaired) electrons. The maximum atomic E-state index is 12.4. The molecule has 1 aliphatic carbocycles. The third-order valence-electron chi connectivity index (χ3n) is 4.51. The fourth-order valence-electron chi connectivity index (χ4n) is 3.08. The molecule has 4 rings (SSSR count). The summed E-state index contributed by atoms with van der Waals surface area (Å²) in [5, 5.41) is 8.01. The molecule has 4 nitrogen and oxygen atoms in total. The molecule has 0 aliphatic heterocycles. The molecule has 2 atom stereocenters. The SMILES string of the molecule is O=C(Nc1cnn(Cc2ccccc2)c1)C1CC1c1ccc(Cl)cc1. The highest BCUT2D eigenvalue weighted by atomic mass is 35.5. The number of nitrogens with zero attached hydrogens (tertiary/aromatic N) is 2. The van der Waals surface area contributed by atoms with Gasteiger partial charge >= 0.3 is 0 Å². The smallest absolute Gasteiger partial charge is 0.228 e. The predicted octanol–water partition coefficient (Wildman–Crippen LogP) is 4.33. The van der Waals surface area contributed by atoms with Crippen LogP contribution in [0.4, 0.5) is 5.69 Å². The van der Waals surface area contributed by atoms with Crippen LogP contribution in [-0.2, 0) is 11.3 Å². The Balaban J connectivity index is 1.35. The molecule has 3 aromatic rings. The second kappa shape index (κ2) is 6.73. The highest BCUT2D eigenvalue weighted by Gasteiger charge is 2.43. The highest BCUT2D eigenvalue weighted by Crippen LogP contribution is 2.48. The van der Waals surface area contributed by atoms with Gasteiger partial charge in [0.15, 0.2) is 0 Å². The molecule has 1 N–H and O–H groups in total. The molecule has 1 saturated carbocycles. The molecule has 5 heteroatoms. The lowest BCUT2D eigenvalue weighted by atomic mass is 10.1. The summed E-state index contributed by atoms with van der Waals surface area (Å²) in [6, 6.07) is 17.9. The summed E-state index contributed by atoms with van der Waals surface area (Å²) >= 11 is 5.91. The predicted molar refractivity (Wildman–Crippen MR) is 98.7 cm³/mol. The van der Waals surface area contributed by atoms with Crippen LogP contribution in [0.1, 0.15) is 23.5 Å². The van der Waals surface area contributed by atoms with Gasteiger partial charge in [0.2, 0.25) is 5.91 Å². The van der Waals surface area contributed by atoms with E-state index in [4.69, 9.17) is 11.6 Å². The molecule has 0 bridgehead atoms. The Labute approximate surface area is 151 Å². The standard InChI is InChI=1S/C20H18ClN3O/c21-16-8-6-15(7-9-16)18-10-19(18)20(25)23-17-11-22-24(13-17)12-14-4-2-1-3-5-14/h1-9,11,13,18-19H,10,12H2,(H,23,25). The van der Waals surface area contributed by atoms with E-state index in [9.17, 15) is 4.79 Å². The van der Waals surface area contributed by atoms with Gasteiger partial charge in [0, 0.05) is 17.1 Å².